The molecule has 0 aliphatic heterocycles. The number of hydrogen-bond donors (Lipinski definition) is 1. The van der Waals surface area contributed by atoms with Crippen LogP contribution in [0, 0.1) is 38.0 Å². The lowest BCUT2D eigenvalue weighted by Gasteiger charge is -2.61. The number of benzene rings is 2. The number of esters is 1. The van der Waals surface area contributed by atoms with Crippen molar-refractivity contribution in [3.63, 3.8) is 0 Å². The molecule has 4 heteroatoms. The second-order valence-corrected chi connectivity index (χ2v) is 11.9. The van der Waals surface area contributed by atoms with Crippen LogP contribution in [-0.2, 0) is 14.9 Å². The van der Waals surface area contributed by atoms with Crippen molar-refractivity contribution in [2.45, 2.75) is 77.7 Å². The molecule has 4 aliphatic carbocycles. The molecule has 35 heavy (non-hydrogen) atoms. The molecule has 4 bridgehead atoms. The van der Waals surface area contributed by atoms with Crippen molar-refractivity contribution in [1.82, 2.24) is 4.98 Å². The summed E-state index contributed by atoms with van der Waals surface area (Å²) in [5.41, 5.74) is 6.01. The standard InChI is InChI=1S/C31H35NO3/c1-18-9-10-24(11-19(18)2)30-13-22-12-23(14-30)16-31(15-22,17-30)29(34)35-21(4)28(33)27-20(3)32-26-8-6-5-7-25(26)27/h5-11,21-23,32H,12-17H2,1-4H3/t21-,22+,23+,30?,31?/m0/s1. The largest absolute Gasteiger partial charge is 0.454 e. The first-order chi connectivity index (χ1) is 16.7. The Morgan fingerprint density at radius 2 is 1.69 bits per heavy atom. The Hall–Kier alpha value is -2.88. The molecule has 0 amide bonds. The van der Waals surface area contributed by atoms with Crippen LogP contribution in [0.5, 0.6) is 0 Å². The quantitative estimate of drug-likeness (QED) is 0.332. The zero-order valence-corrected chi connectivity index (χ0v) is 21.2. The first-order valence-electron chi connectivity index (χ1n) is 13.1. The summed E-state index contributed by atoms with van der Waals surface area (Å²) in [6.07, 6.45) is 5.43. The fourth-order valence-corrected chi connectivity index (χ4v) is 8.05. The number of H-pyrrole nitrogens is 1. The van der Waals surface area contributed by atoms with Crippen molar-refractivity contribution in [3.8, 4) is 0 Å². The van der Waals surface area contributed by atoms with Crippen molar-refractivity contribution >= 4 is 22.7 Å². The Balaban J connectivity index is 1.28. The van der Waals surface area contributed by atoms with E-state index in [1.54, 1.807) is 6.92 Å². The highest BCUT2D eigenvalue weighted by molar-refractivity contribution is 6.11. The Bertz CT molecular complexity index is 1330. The fraction of sp³-hybridized carbons (Fsp3) is 0.484. The molecular weight excluding hydrogens is 434 g/mol. The number of aromatic amines is 1. The molecule has 1 aromatic heterocycles. The van der Waals surface area contributed by atoms with E-state index in [4.69, 9.17) is 4.74 Å². The SMILES string of the molecule is Cc1ccc(C23C[C@H]4C[C@@H](CC(C(=O)O[C@@H](C)C(=O)c5c(C)[nH]c6ccccc56)(C4)C2)C3)cc1C. The van der Waals surface area contributed by atoms with E-state index in [2.05, 4.69) is 37.0 Å². The molecule has 4 aliphatic rings. The number of Topliss-reactive ketones (excluding diaryl/α,β-unsaturated/α-hetero) is 1. The molecule has 3 atom stereocenters. The predicted octanol–water partition coefficient (Wildman–Crippen LogP) is 6.75. The number of carbonyl (C=O) groups is 2. The number of ketones is 1. The average molecular weight is 470 g/mol. The summed E-state index contributed by atoms with van der Waals surface area (Å²) in [5, 5.41) is 0.890. The highest BCUT2D eigenvalue weighted by Gasteiger charge is 2.62. The summed E-state index contributed by atoms with van der Waals surface area (Å²) in [6, 6.07) is 14.7. The van der Waals surface area contributed by atoms with Gasteiger partial charge >= 0.3 is 5.97 Å². The second-order valence-electron chi connectivity index (χ2n) is 11.9. The van der Waals surface area contributed by atoms with Gasteiger partial charge in [-0.05, 0) is 106 Å². The minimum absolute atomic E-state index is 0.0578. The molecular formula is C31H35NO3. The highest BCUT2D eigenvalue weighted by atomic mass is 16.5. The average Bonchev–Trinajstić information content (AvgIpc) is 3.15. The molecule has 4 nitrogen and oxygen atoms in total. The van der Waals surface area contributed by atoms with E-state index in [1.807, 2.05) is 31.2 Å². The molecule has 0 saturated heterocycles. The molecule has 1 heterocycles. The predicted molar refractivity (Wildman–Crippen MR) is 138 cm³/mol. The van der Waals surface area contributed by atoms with Crippen LogP contribution < -0.4 is 0 Å². The van der Waals surface area contributed by atoms with Gasteiger partial charge in [0.1, 0.15) is 0 Å². The van der Waals surface area contributed by atoms with Crippen molar-refractivity contribution in [3.05, 3.63) is 70.4 Å². The molecule has 4 fully saturated rings. The van der Waals surface area contributed by atoms with E-state index in [0.717, 1.165) is 35.9 Å². The smallest absolute Gasteiger partial charge is 0.312 e. The summed E-state index contributed by atoms with van der Waals surface area (Å²) >= 11 is 0. The Kier molecular flexibility index (Phi) is 5.04. The maximum absolute atomic E-state index is 13.8. The first-order valence-corrected chi connectivity index (χ1v) is 13.1. The van der Waals surface area contributed by atoms with Gasteiger partial charge in [-0.25, -0.2) is 0 Å². The van der Waals surface area contributed by atoms with Gasteiger partial charge in [0.25, 0.3) is 0 Å². The van der Waals surface area contributed by atoms with Gasteiger partial charge in [0.2, 0.25) is 5.78 Å². The fourth-order valence-electron chi connectivity index (χ4n) is 8.05. The number of carbonyl (C=O) groups excluding carboxylic acids is 2. The zero-order valence-electron chi connectivity index (χ0n) is 21.2. The third-order valence-corrected chi connectivity index (χ3v) is 9.41. The third-order valence-electron chi connectivity index (χ3n) is 9.41. The maximum Gasteiger partial charge on any atom is 0.312 e. The van der Waals surface area contributed by atoms with Crippen LogP contribution >= 0.6 is 0 Å². The molecule has 3 aromatic rings. The van der Waals surface area contributed by atoms with E-state index >= 15 is 0 Å². The minimum Gasteiger partial charge on any atom is -0.454 e. The lowest BCUT2D eigenvalue weighted by molar-refractivity contribution is -0.176. The number of para-hydroxylation sites is 1. The number of aryl methyl sites for hydroxylation is 3. The highest BCUT2D eigenvalue weighted by Crippen LogP contribution is 2.66. The van der Waals surface area contributed by atoms with Crippen LogP contribution in [0.2, 0.25) is 0 Å². The normalized spacial score (nSPS) is 29.9. The maximum atomic E-state index is 13.8. The van der Waals surface area contributed by atoms with Crippen molar-refractivity contribution < 1.29 is 14.3 Å². The van der Waals surface area contributed by atoms with E-state index in [9.17, 15) is 9.59 Å². The summed E-state index contributed by atoms with van der Waals surface area (Å²) in [5.74, 6) is 0.847. The molecule has 0 radical (unpaired) electrons. The molecule has 182 valence electrons. The number of fused-ring (bicyclic) bond motifs is 1. The van der Waals surface area contributed by atoms with Gasteiger partial charge in [-0.2, -0.15) is 0 Å². The minimum atomic E-state index is -0.800. The summed E-state index contributed by atoms with van der Waals surface area (Å²) in [7, 11) is 0. The number of rotatable bonds is 5. The first kappa shape index (κ1) is 22.6. The Morgan fingerprint density at radius 3 is 2.40 bits per heavy atom. The Morgan fingerprint density at radius 1 is 0.971 bits per heavy atom. The van der Waals surface area contributed by atoms with E-state index in [-0.39, 0.29) is 17.2 Å². The summed E-state index contributed by atoms with van der Waals surface area (Å²) < 4.78 is 6.05. The van der Waals surface area contributed by atoms with Gasteiger partial charge < -0.3 is 9.72 Å². The van der Waals surface area contributed by atoms with Crippen molar-refractivity contribution in [2.75, 3.05) is 0 Å². The van der Waals surface area contributed by atoms with Crippen LogP contribution in [0.15, 0.2) is 42.5 Å². The Labute approximate surface area is 207 Å². The van der Waals surface area contributed by atoms with E-state index in [1.165, 1.54) is 36.0 Å². The van der Waals surface area contributed by atoms with Gasteiger partial charge in [-0.15, -0.1) is 0 Å². The summed E-state index contributed by atoms with van der Waals surface area (Å²) in [4.78, 5) is 30.6. The number of ether oxygens (including phenoxy) is 1. The molecule has 0 spiro atoms. The molecule has 0 unspecified atom stereocenters. The van der Waals surface area contributed by atoms with Crippen LogP contribution in [0.4, 0.5) is 0 Å². The molecule has 2 aromatic carbocycles. The lowest BCUT2D eigenvalue weighted by Crippen LogP contribution is -2.57. The number of nitrogens with one attached hydrogen (secondary N) is 1. The molecule has 4 saturated carbocycles. The van der Waals surface area contributed by atoms with Crippen LogP contribution in [0.3, 0.4) is 0 Å². The lowest BCUT2D eigenvalue weighted by atomic mass is 9.43. The van der Waals surface area contributed by atoms with Gasteiger partial charge in [0.15, 0.2) is 6.10 Å². The number of aromatic nitrogens is 1. The van der Waals surface area contributed by atoms with Crippen LogP contribution in [0.25, 0.3) is 10.9 Å². The van der Waals surface area contributed by atoms with Crippen LogP contribution in [0.1, 0.15) is 78.2 Å². The monoisotopic (exact) mass is 469 g/mol. The topological polar surface area (TPSA) is 59.2 Å². The van der Waals surface area contributed by atoms with Gasteiger partial charge in [-0.1, -0.05) is 36.4 Å². The third kappa shape index (κ3) is 3.48. The zero-order chi connectivity index (χ0) is 24.5. The summed E-state index contributed by atoms with van der Waals surface area (Å²) in [6.45, 7) is 7.99. The van der Waals surface area contributed by atoms with Gasteiger partial charge in [0.05, 0.1) is 5.41 Å². The van der Waals surface area contributed by atoms with Gasteiger partial charge in [0, 0.05) is 22.2 Å². The van der Waals surface area contributed by atoms with Crippen LogP contribution in [-0.4, -0.2) is 22.8 Å². The molecule has 7 rings (SSSR count). The number of hydrogen-bond acceptors (Lipinski definition) is 3. The van der Waals surface area contributed by atoms with Gasteiger partial charge in [-0.3, -0.25) is 9.59 Å². The molecule has 1 N–H and O–H groups in total. The van der Waals surface area contributed by atoms with E-state index in [0.29, 0.717) is 17.4 Å². The second kappa shape index (κ2) is 7.81. The van der Waals surface area contributed by atoms with E-state index < -0.39 is 11.5 Å². The van der Waals surface area contributed by atoms with Crippen molar-refractivity contribution in [1.29, 1.82) is 0 Å². The van der Waals surface area contributed by atoms with Crippen molar-refractivity contribution in [2.24, 2.45) is 17.3 Å².